The van der Waals surface area contributed by atoms with Crippen LogP contribution in [0.4, 0.5) is 0 Å². The number of piperidine rings is 1. The Bertz CT molecular complexity index is 279. The summed E-state index contributed by atoms with van der Waals surface area (Å²) in [6.45, 7) is 7.43. The third kappa shape index (κ3) is 3.50. The lowest BCUT2D eigenvalue weighted by atomic mass is 9.75. The molecule has 1 heterocycles. The minimum absolute atomic E-state index is 0.680. The van der Waals surface area contributed by atoms with Gasteiger partial charge in [0.2, 0.25) is 0 Å². The summed E-state index contributed by atoms with van der Waals surface area (Å²) in [6, 6.07) is 2.17. The highest BCUT2D eigenvalue weighted by Crippen LogP contribution is 2.33. The van der Waals surface area contributed by atoms with Crippen LogP contribution in [0.15, 0.2) is 0 Å². The Balaban J connectivity index is 2.05. The number of rotatable bonds is 3. The molecule has 0 aromatic heterocycles. The van der Waals surface area contributed by atoms with Gasteiger partial charge >= 0.3 is 0 Å². The van der Waals surface area contributed by atoms with Gasteiger partial charge in [0.1, 0.15) is 0 Å². The van der Waals surface area contributed by atoms with Crippen LogP contribution in [0.5, 0.6) is 0 Å². The van der Waals surface area contributed by atoms with Crippen LogP contribution in [-0.2, 0) is 0 Å². The predicted molar refractivity (Wildman–Crippen MR) is 82.5 cm³/mol. The van der Waals surface area contributed by atoms with Crippen LogP contribution in [0.25, 0.3) is 0 Å². The maximum Gasteiger partial charge on any atom is 0.0275 e. The van der Waals surface area contributed by atoms with E-state index in [-0.39, 0.29) is 0 Å². The molecule has 5 unspecified atom stereocenters. The van der Waals surface area contributed by atoms with E-state index in [2.05, 4.69) is 50.1 Å². The van der Waals surface area contributed by atoms with E-state index in [0.717, 1.165) is 23.9 Å². The summed E-state index contributed by atoms with van der Waals surface area (Å²) >= 11 is 0. The minimum atomic E-state index is 0.680. The molecule has 2 rings (SSSR count). The van der Waals surface area contributed by atoms with Gasteiger partial charge in [-0.3, -0.25) is 4.90 Å². The molecule has 1 saturated heterocycles. The van der Waals surface area contributed by atoms with Crippen LogP contribution < -0.4 is 5.32 Å². The number of nitrogens with one attached hydrogen (secondary N) is 1. The van der Waals surface area contributed by atoms with Crippen molar-refractivity contribution in [1.29, 1.82) is 0 Å². The van der Waals surface area contributed by atoms with Crippen LogP contribution in [-0.4, -0.2) is 62.2 Å². The number of likely N-dealkylation sites (tertiary alicyclic amines) is 1. The summed E-state index contributed by atoms with van der Waals surface area (Å²) in [4.78, 5) is 5.20. The minimum Gasteiger partial charge on any atom is -0.315 e. The molecule has 1 N–H and O–H groups in total. The van der Waals surface area contributed by atoms with Gasteiger partial charge in [0.15, 0.2) is 0 Å². The second kappa shape index (κ2) is 6.55. The zero-order valence-electron chi connectivity index (χ0n) is 13.5. The van der Waals surface area contributed by atoms with Crippen molar-refractivity contribution < 1.29 is 0 Å². The Morgan fingerprint density at radius 2 is 1.89 bits per heavy atom. The lowest BCUT2D eigenvalue weighted by molar-refractivity contribution is 0.0246. The Hall–Kier alpha value is -0.120. The largest absolute Gasteiger partial charge is 0.315 e. The Labute approximate surface area is 119 Å². The summed E-state index contributed by atoms with van der Waals surface area (Å²) in [7, 11) is 6.61. The van der Waals surface area contributed by atoms with Crippen molar-refractivity contribution in [3.8, 4) is 0 Å². The van der Waals surface area contributed by atoms with E-state index in [0.29, 0.717) is 6.04 Å². The zero-order valence-corrected chi connectivity index (χ0v) is 13.5. The molecule has 3 nitrogen and oxygen atoms in total. The zero-order chi connectivity index (χ0) is 14.0. The van der Waals surface area contributed by atoms with Crippen molar-refractivity contribution in [2.45, 2.75) is 57.7 Å². The van der Waals surface area contributed by atoms with Crippen molar-refractivity contribution in [1.82, 2.24) is 15.1 Å². The first-order valence-corrected chi connectivity index (χ1v) is 8.10. The number of nitrogens with zero attached hydrogens (tertiary/aromatic N) is 2. The third-order valence-electron chi connectivity index (χ3n) is 5.38. The van der Waals surface area contributed by atoms with Gasteiger partial charge in [0.05, 0.1) is 0 Å². The van der Waals surface area contributed by atoms with Crippen molar-refractivity contribution in [3.63, 3.8) is 0 Å². The van der Waals surface area contributed by atoms with E-state index < -0.39 is 0 Å². The first-order chi connectivity index (χ1) is 9.02. The van der Waals surface area contributed by atoms with Gasteiger partial charge in [-0.1, -0.05) is 13.8 Å². The Morgan fingerprint density at radius 1 is 1.16 bits per heavy atom. The summed E-state index contributed by atoms with van der Waals surface area (Å²) in [5.41, 5.74) is 0. The smallest absolute Gasteiger partial charge is 0.0275 e. The average molecular weight is 267 g/mol. The molecule has 0 aromatic carbocycles. The molecule has 112 valence electrons. The van der Waals surface area contributed by atoms with Crippen LogP contribution in [0.2, 0.25) is 0 Å². The lowest BCUT2D eigenvalue weighted by Gasteiger charge is -2.49. The van der Waals surface area contributed by atoms with Crippen molar-refractivity contribution >= 4 is 0 Å². The molecule has 0 bridgehead atoms. The highest BCUT2D eigenvalue weighted by Gasteiger charge is 2.38. The van der Waals surface area contributed by atoms with Crippen LogP contribution in [0.1, 0.15) is 39.5 Å². The van der Waals surface area contributed by atoms with Crippen molar-refractivity contribution in [3.05, 3.63) is 0 Å². The normalized spacial score (nSPS) is 41.7. The molecule has 0 aromatic rings. The van der Waals surface area contributed by atoms with E-state index in [9.17, 15) is 0 Å². The van der Waals surface area contributed by atoms with Crippen LogP contribution >= 0.6 is 0 Å². The molecular formula is C16H33N3. The first-order valence-electron chi connectivity index (χ1n) is 8.10. The fourth-order valence-corrected chi connectivity index (χ4v) is 4.42. The average Bonchev–Trinajstić information content (AvgIpc) is 2.37. The van der Waals surface area contributed by atoms with Gasteiger partial charge in [-0.05, 0) is 65.2 Å². The molecule has 1 aliphatic heterocycles. The summed E-state index contributed by atoms with van der Waals surface area (Å²) in [5.74, 6) is 1.69. The highest BCUT2D eigenvalue weighted by atomic mass is 15.2. The first kappa shape index (κ1) is 15.3. The molecule has 5 atom stereocenters. The van der Waals surface area contributed by atoms with E-state index in [4.69, 9.17) is 0 Å². The molecule has 1 saturated carbocycles. The number of likely N-dealkylation sites (N-methyl/N-ethyl adjacent to an activating group) is 2. The molecule has 2 fully saturated rings. The predicted octanol–water partition coefficient (Wildman–Crippen LogP) is 2.04. The van der Waals surface area contributed by atoms with E-state index in [1.807, 2.05) is 0 Å². The number of hydrogen-bond donors (Lipinski definition) is 1. The van der Waals surface area contributed by atoms with Gasteiger partial charge in [0.25, 0.3) is 0 Å². The summed E-state index contributed by atoms with van der Waals surface area (Å²) in [5, 5.41) is 3.60. The maximum absolute atomic E-state index is 3.60. The van der Waals surface area contributed by atoms with Crippen LogP contribution in [0, 0.1) is 11.8 Å². The van der Waals surface area contributed by atoms with E-state index in [1.165, 1.54) is 38.8 Å². The standard InChI is InChI=1S/C16H33N3/c1-12-9-13(2)16(15(10-12)17-3)19-8-6-7-14(11-19)18(4)5/h12-17H,6-11H2,1-5H3. The molecule has 0 spiro atoms. The van der Waals surface area contributed by atoms with Crippen LogP contribution in [0.3, 0.4) is 0 Å². The van der Waals surface area contributed by atoms with Gasteiger partial charge in [-0.15, -0.1) is 0 Å². The summed E-state index contributed by atoms with van der Waals surface area (Å²) < 4.78 is 0. The Morgan fingerprint density at radius 3 is 2.53 bits per heavy atom. The van der Waals surface area contributed by atoms with Crippen molar-refractivity contribution in [2.24, 2.45) is 11.8 Å². The maximum atomic E-state index is 3.60. The molecule has 2 aliphatic rings. The molecule has 1 aliphatic carbocycles. The fourth-order valence-electron chi connectivity index (χ4n) is 4.42. The molecule has 19 heavy (non-hydrogen) atoms. The monoisotopic (exact) mass is 267 g/mol. The topological polar surface area (TPSA) is 18.5 Å². The SMILES string of the molecule is CNC1CC(C)CC(C)C1N1CCCC(N(C)C)C1. The molecular weight excluding hydrogens is 234 g/mol. The highest BCUT2D eigenvalue weighted by molar-refractivity contribution is 4.95. The van der Waals surface area contributed by atoms with E-state index in [1.54, 1.807) is 0 Å². The second-order valence-corrected chi connectivity index (χ2v) is 7.19. The van der Waals surface area contributed by atoms with Gasteiger partial charge < -0.3 is 10.2 Å². The van der Waals surface area contributed by atoms with Crippen molar-refractivity contribution in [2.75, 3.05) is 34.2 Å². The molecule has 3 heteroatoms. The molecule has 0 radical (unpaired) electrons. The second-order valence-electron chi connectivity index (χ2n) is 7.19. The summed E-state index contributed by atoms with van der Waals surface area (Å²) in [6.07, 6.45) is 5.46. The van der Waals surface area contributed by atoms with Gasteiger partial charge in [0, 0.05) is 24.7 Å². The van der Waals surface area contributed by atoms with Gasteiger partial charge in [-0.2, -0.15) is 0 Å². The fraction of sp³-hybridized carbons (Fsp3) is 1.00. The van der Waals surface area contributed by atoms with E-state index >= 15 is 0 Å². The third-order valence-corrected chi connectivity index (χ3v) is 5.38. The van der Waals surface area contributed by atoms with Gasteiger partial charge in [-0.25, -0.2) is 0 Å². The molecule has 0 amide bonds. The Kier molecular flexibility index (Phi) is 5.27. The lowest BCUT2D eigenvalue weighted by Crippen LogP contribution is -2.59. The quantitative estimate of drug-likeness (QED) is 0.844. The number of hydrogen-bond acceptors (Lipinski definition) is 3.